The summed E-state index contributed by atoms with van der Waals surface area (Å²) in [4.78, 5) is 0. The number of halogens is 1. The van der Waals surface area contributed by atoms with Gasteiger partial charge in [0.1, 0.15) is 0 Å². The van der Waals surface area contributed by atoms with E-state index in [-0.39, 0.29) is 0 Å². The molecule has 1 saturated heterocycles. The average molecular weight is 151 g/mol. The molecule has 1 rings (SSSR count). The number of rotatable bonds is 2. The predicted molar refractivity (Wildman–Crippen MR) is 40.7 cm³/mol. The lowest BCUT2D eigenvalue weighted by Gasteiger charge is -2.29. The zero-order chi connectivity index (χ0) is 5.98. The minimum Gasteiger partial charge on any atom is -0.158 e. The van der Waals surface area contributed by atoms with Crippen molar-refractivity contribution in [1.82, 2.24) is 0 Å². The minimum atomic E-state index is 0.732. The lowest BCUT2D eigenvalue weighted by molar-refractivity contribution is 0.579. The van der Waals surface area contributed by atoms with Crippen molar-refractivity contribution in [2.24, 2.45) is 5.92 Å². The van der Waals surface area contributed by atoms with E-state index in [9.17, 15) is 0 Å². The monoisotopic (exact) mass is 150 g/mol. The van der Waals surface area contributed by atoms with Crippen LogP contribution in [0.1, 0.15) is 13.3 Å². The van der Waals surface area contributed by atoms with Gasteiger partial charge in [-0.25, -0.2) is 0 Å². The van der Waals surface area contributed by atoms with Crippen LogP contribution in [0.5, 0.6) is 0 Å². The lowest BCUT2D eigenvalue weighted by Crippen LogP contribution is -2.24. The van der Waals surface area contributed by atoms with Gasteiger partial charge in [-0.3, -0.25) is 0 Å². The standard InChI is InChI=1S/C6H11ClS/c1-5(4-7)6-2-3-8-6/h5-6H,2-4H2,1H3. The molecule has 1 heterocycles. The van der Waals surface area contributed by atoms with E-state index in [2.05, 4.69) is 18.7 Å². The van der Waals surface area contributed by atoms with Crippen molar-refractivity contribution in [2.45, 2.75) is 18.6 Å². The fraction of sp³-hybridized carbons (Fsp3) is 1.00. The SMILES string of the molecule is CC(CCl)C1CCS1. The van der Waals surface area contributed by atoms with Crippen LogP contribution in [0, 0.1) is 5.92 Å². The maximum Gasteiger partial charge on any atom is 0.0259 e. The van der Waals surface area contributed by atoms with Crippen LogP contribution in [0.3, 0.4) is 0 Å². The third-order valence-electron chi connectivity index (χ3n) is 1.61. The Labute approximate surface area is 60.0 Å². The summed E-state index contributed by atoms with van der Waals surface area (Å²) in [5.41, 5.74) is 0. The van der Waals surface area contributed by atoms with Crippen LogP contribution >= 0.6 is 23.4 Å². The first-order valence-corrected chi connectivity index (χ1v) is 4.60. The second-order valence-electron chi connectivity index (χ2n) is 2.33. The summed E-state index contributed by atoms with van der Waals surface area (Å²) in [6.07, 6.45) is 1.39. The molecular weight excluding hydrogens is 140 g/mol. The quantitative estimate of drug-likeness (QED) is 0.545. The molecule has 0 spiro atoms. The molecule has 0 aromatic rings. The largest absolute Gasteiger partial charge is 0.158 e. The Hall–Kier alpha value is 0.640. The molecular formula is C6H11ClS. The maximum atomic E-state index is 5.65. The maximum absolute atomic E-state index is 5.65. The molecule has 1 aliphatic rings. The fourth-order valence-electron chi connectivity index (χ4n) is 0.802. The minimum absolute atomic E-state index is 0.732. The first-order chi connectivity index (χ1) is 3.84. The van der Waals surface area contributed by atoms with Crippen molar-refractivity contribution in [3.8, 4) is 0 Å². The molecule has 48 valence electrons. The first-order valence-electron chi connectivity index (χ1n) is 3.02. The molecule has 0 aromatic carbocycles. The molecule has 0 amide bonds. The van der Waals surface area contributed by atoms with Gasteiger partial charge in [-0.05, 0) is 18.1 Å². The summed E-state index contributed by atoms with van der Waals surface area (Å²) in [7, 11) is 0. The highest BCUT2D eigenvalue weighted by molar-refractivity contribution is 8.01. The van der Waals surface area contributed by atoms with Crippen LogP contribution < -0.4 is 0 Å². The van der Waals surface area contributed by atoms with Crippen molar-refractivity contribution in [2.75, 3.05) is 11.6 Å². The van der Waals surface area contributed by atoms with E-state index in [0.29, 0.717) is 0 Å². The normalized spacial score (nSPS) is 31.5. The van der Waals surface area contributed by atoms with E-state index in [1.165, 1.54) is 12.2 Å². The Bertz CT molecular complexity index is 68.2. The molecule has 2 atom stereocenters. The van der Waals surface area contributed by atoms with E-state index in [1.807, 2.05) is 0 Å². The van der Waals surface area contributed by atoms with Crippen LogP contribution in [0.2, 0.25) is 0 Å². The number of hydrogen-bond donors (Lipinski definition) is 0. The van der Waals surface area contributed by atoms with Crippen LogP contribution in [-0.2, 0) is 0 Å². The Morgan fingerprint density at radius 3 is 2.62 bits per heavy atom. The summed E-state index contributed by atoms with van der Waals surface area (Å²) in [6, 6.07) is 0. The molecule has 0 aromatic heterocycles. The zero-order valence-corrected chi connectivity index (χ0v) is 6.63. The van der Waals surface area contributed by atoms with Crippen molar-refractivity contribution in [3.63, 3.8) is 0 Å². The summed E-state index contributed by atoms with van der Waals surface area (Å²) in [5.74, 6) is 2.92. The number of hydrogen-bond acceptors (Lipinski definition) is 1. The van der Waals surface area contributed by atoms with Gasteiger partial charge in [0.2, 0.25) is 0 Å². The Morgan fingerprint density at radius 1 is 1.88 bits per heavy atom. The molecule has 0 radical (unpaired) electrons. The van der Waals surface area contributed by atoms with E-state index in [1.54, 1.807) is 0 Å². The van der Waals surface area contributed by atoms with Gasteiger partial charge in [0.05, 0.1) is 0 Å². The highest BCUT2D eigenvalue weighted by atomic mass is 35.5. The van der Waals surface area contributed by atoms with E-state index < -0.39 is 0 Å². The second-order valence-corrected chi connectivity index (χ2v) is 3.99. The van der Waals surface area contributed by atoms with Gasteiger partial charge >= 0.3 is 0 Å². The van der Waals surface area contributed by atoms with Gasteiger partial charge in [-0.1, -0.05) is 6.92 Å². The summed E-state index contributed by atoms with van der Waals surface area (Å²) < 4.78 is 0. The van der Waals surface area contributed by atoms with Crippen LogP contribution in [0.4, 0.5) is 0 Å². The van der Waals surface area contributed by atoms with Crippen molar-refractivity contribution in [3.05, 3.63) is 0 Å². The van der Waals surface area contributed by atoms with Gasteiger partial charge in [0.15, 0.2) is 0 Å². The van der Waals surface area contributed by atoms with Gasteiger partial charge in [0.25, 0.3) is 0 Å². The predicted octanol–water partition coefficient (Wildman–Crippen LogP) is 2.37. The molecule has 8 heavy (non-hydrogen) atoms. The summed E-state index contributed by atoms with van der Waals surface area (Å²) in [6.45, 7) is 2.23. The molecule has 2 heteroatoms. The third kappa shape index (κ3) is 1.32. The molecule has 0 bridgehead atoms. The molecule has 1 aliphatic heterocycles. The number of alkyl halides is 1. The van der Waals surface area contributed by atoms with Gasteiger partial charge < -0.3 is 0 Å². The molecule has 0 saturated carbocycles. The van der Waals surface area contributed by atoms with E-state index in [4.69, 9.17) is 11.6 Å². The highest BCUT2D eigenvalue weighted by Crippen LogP contribution is 2.33. The Balaban J connectivity index is 2.13. The van der Waals surface area contributed by atoms with Crippen LogP contribution in [0.25, 0.3) is 0 Å². The van der Waals surface area contributed by atoms with E-state index >= 15 is 0 Å². The lowest BCUT2D eigenvalue weighted by atomic mass is 10.1. The average Bonchev–Trinajstić information content (AvgIpc) is 1.62. The van der Waals surface area contributed by atoms with Crippen molar-refractivity contribution >= 4 is 23.4 Å². The zero-order valence-electron chi connectivity index (χ0n) is 5.06. The van der Waals surface area contributed by atoms with E-state index in [0.717, 1.165) is 17.0 Å². The molecule has 2 unspecified atom stereocenters. The van der Waals surface area contributed by atoms with Gasteiger partial charge in [0, 0.05) is 11.1 Å². The van der Waals surface area contributed by atoms with Crippen molar-refractivity contribution < 1.29 is 0 Å². The molecule has 0 nitrogen and oxygen atoms in total. The van der Waals surface area contributed by atoms with Gasteiger partial charge in [-0.15, -0.1) is 11.6 Å². The molecule has 0 N–H and O–H groups in total. The first kappa shape index (κ1) is 6.76. The summed E-state index contributed by atoms with van der Waals surface area (Å²) in [5, 5.41) is 0.882. The Morgan fingerprint density at radius 2 is 2.50 bits per heavy atom. The third-order valence-corrected chi connectivity index (χ3v) is 3.70. The second kappa shape index (κ2) is 2.98. The van der Waals surface area contributed by atoms with Gasteiger partial charge in [-0.2, -0.15) is 11.8 Å². The molecule has 1 fully saturated rings. The topological polar surface area (TPSA) is 0 Å². The highest BCUT2D eigenvalue weighted by Gasteiger charge is 2.23. The summed E-state index contributed by atoms with van der Waals surface area (Å²) >= 11 is 7.70. The fourth-order valence-corrected chi connectivity index (χ4v) is 2.06. The number of thioether (sulfide) groups is 1. The van der Waals surface area contributed by atoms with Crippen LogP contribution in [0.15, 0.2) is 0 Å². The Kier molecular flexibility index (Phi) is 2.51. The molecule has 0 aliphatic carbocycles. The van der Waals surface area contributed by atoms with Crippen molar-refractivity contribution in [1.29, 1.82) is 0 Å². The smallest absolute Gasteiger partial charge is 0.0259 e. The van der Waals surface area contributed by atoms with Crippen LogP contribution in [-0.4, -0.2) is 16.9 Å².